The van der Waals surface area contributed by atoms with Gasteiger partial charge in [-0.25, -0.2) is 0 Å². The topological polar surface area (TPSA) is 41.9 Å². The second kappa shape index (κ2) is 8.79. The number of nitrogens with zero attached hydrogens (tertiary/aromatic N) is 2. The maximum Gasteiger partial charge on any atom is 0.124 e. The average molecular weight is 424 g/mol. The van der Waals surface area contributed by atoms with E-state index < -0.39 is 0 Å². The summed E-state index contributed by atoms with van der Waals surface area (Å²) < 4.78 is 7.08. The van der Waals surface area contributed by atoms with Gasteiger partial charge in [-0.3, -0.25) is 4.90 Å². The van der Waals surface area contributed by atoms with Gasteiger partial charge in [-0.05, 0) is 48.7 Å². The van der Waals surface area contributed by atoms with Crippen LogP contribution in [0.15, 0.2) is 52.1 Å². The average Bonchev–Trinajstić information content (AvgIpc) is 2.63. The molecule has 1 saturated heterocycles. The summed E-state index contributed by atoms with van der Waals surface area (Å²) in [6, 6.07) is 13.7. The Labute approximate surface area is 161 Å². The minimum atomic E-state index is -0.0283. The lowest BCUT2D eigenvalue weighted by molar-refractivity contribution is 0.201. The third-order valence-corrected chi connectivity index (χ3v) is 5.18. The van der Waals surface area contributed by atoms with Crippen LogP contribution in [0.25, 0.3) is 0 Å². The molecule has 2 aromatic rings. The van der Waals surface area contributed by atoms with Gasteiger partial charge in [0.25, 0.3) is 0 Å². The molecule has 0 radical (unpaired) electrons. The Balaban J connectivity index is 1.65. The molecule has 0 aromatic heterocycles. The van der Waals surface area contributed by atoms with Gasteiger partial charge in [0.1, 0.15) is 12.4 Å². The van der Waals surface area contributed by atoms with E-state index in [2.05, 4.69) is 32.1 Å². The van der Waals surface area contributed by atoms with Crippen LogP contribution in [-0.4, -0.2) is 24.0 Å². The Kier molecular flexibility index (Phi) is 6.45. The largest absolute Gasteiger partial charge is 0.489 e. The van der Waals surface area contributed by atoms with E-state index >= 15 is 0 Å². The van der Waals surface area contributed by atoms with Crippen molar-refractivity contribution in [2.45, 2.75) is 32.0 Å². The quantitative estimate of drug-likeness (QED) is 0.583. The van der Waals surface area contributed by atoms with Gasteiger partial charge in [0.2, 0.25) is 0 Å². The first-order valence-electron chi connectivity index (χ1n) is 8.34. The van der Waals surface area contributed by atoms with Crippen molar-refractivity contribution in [2.24, 2.45) is 5.18 Å². The Morgan fingerprint density at radius 3 is 2.56 bits per heavy atom. The molecule has 0 unspecified atom stereocenters. The van der Waals surface area contributed by atoms with Crippen molar-refractivity contribution in [3.63, 3.8) is 0 Å². The molecule has 0 N–H and O–H groups in total. The first-order chi connectivity index (χ1) is 12.1. The second-order valence-corrected chi connectivity index (χ2v) is 7.63. The van der Waals surface area contributed by atoms with Crippen molar-refractivity contribution in [3.05, 3.63) is 68.0 Å². The number of likely N-dealkylation sites (tertiary alicyclic amines) is 1. The molecule has 1 aliphatic rings. The first-order valence-corrected chi connectivity index (χ1v) is 9.51. The zero-order valence-electron chi connectivity index (χ0n) is 13.8. The molecule has 1 heterocycles. The van der Waals surface area contributed by atoms with Crippen molar-refractivity contribution < 1.29 is 4.74 Å². The van der Waals surface area contributed by atoms with Crippen molar-refractivity contribution in [3.8, 4) is 5.75 Å². The normalized spacial score (nSPS) is 15.9. The summed E-state index contributed by atoms with van der Waals surface area (Å²) in [6.45, 7) is 3.09. The van der Waals surface area contributed by atoms with Gasteiger partial charge in [0.05, 0.1) is 6.04 Å². The molecular weight excluding hydrogens is 404 g/mol. The Hall–Kier alpha value is -1.43. The molecule has 0 bridgehead atoms. The van der Waals surface area contributed by atoms with Crippen LogP contribution in [0.1, 0.15) is 24.0 Å². The molecule has 0 saturated carbocycles. The van der Waals surface area contributed by atoms with Crippen molar-refractivity contribution in [1.82, 2.24) is 4.90 Å². The van der Waals surface area contributed by atoms with E-state index in [4.69, 9.17) is 16.3 Å². The molecule has 4 nitrogen and oxygen atoms in total. The summed E-state index contributed by atoms with van der Waals surface area (Å²) in [7, 11) is 0. The molecule has 1 fully saturated rings. The van der Waals surface area contributed by atoms with Gasteiger partial charge in [0, 0.05) is 34.7 Å². The summed E-state index contributed by atoms with van der Waals surface area (Å²) in [5.41, 5.74) is 2.22. The predicted octanol–water partition coefficient (Wildman–Crippen LogP) is 5.41. The molecule has 0 amide bonds. The van der Waals surface area contributed by atoms with Crippen LogP contribution in [-0.2, 0) is 13.2 Å². The van der Waals surface area contributed by atoms with Gasteiger partial charge in [0.15, 0.2) is 0 Å². The molecule has 3 rings (SSSR count). The minimum Gasteiger partial charge on any atom is -0.489 e. The van der Waals surface area contributed by atoms with E-state index in [1.54, 1.807) is 0 Å². The highest BCUT2D eigenvalue weighted by Gasteiger charge is 2.20. The standard InChI is InChI=1S/C19H20BrClN2O2/c20-16-3-6-19(25-13-14-1-4-17(21)5-2-14)15(11-16)12-23-9-7-18(22-24)8-10-23/h1-6,11,18H,7-10,12-13H2. The molecule has 6 heteroatoms. The monoisotopic (exact) mass is 422 g/mol. The Morgan fingerprint density at radius 1 is 1.16 bits per heavy atom. The van der Waals surface area contributed by atoms with Gasteiger partial charge in [-0.15, -0.1) is 0 Å². The van der Waals surface area contributed by atoms with Gasteiger partial charge in [-0.2, -0.15) is 4.91 Å². The van der Waals surface area contributed by atoms with E-state index in [1.807, 2.05) is 36.4 Å². The van der Waals surface area contributed by atoms with Crippen LogP contribution in [0.3, 0.4) is 0 Å². The lowest BCUT2D eigenvalue weighted by atomic mass is 10.0. The van der Waals surface area contributed by atoms with Crippen LogP contribution >= 0.6 is 27.5 Å². The van der Waals surface area contributed by atoms with Crippen molar-refractivity contribution in [1.29, 1.82) is 0 Å². The van der Waals surface area contributed by atoms with Crippen LogP contribution in [0.5, 0.6) is 5.75 Å². The van der Waals surface area contributed by atoms with Gasteiger partial charge < -0.3 is 4.74 Å². The van der Waals surface area contributed by atoms with E-state index in [0.717, 1.165) is 58.8 Å². The van der Waals surface area contributed by atoms with Crippen molar-refractivity contribution >= 4 is 27.5 Å². The zero-order chi connectivity index (χ0) is 17.6. The molecule has 0 atom stereocenters. The first kappa shape index (κ1) is 18.4. The van der Waals surface area contributed by atoms with E-state index in [0.29, 0.717) is 6.61 Å². The number of benzene rings is 2. The molecule has 132 valence electrons. The summed E-state index contributed by atoms with van der Waals surface area (Å²) in [4.78, 5) is 13.0. The number of hydrogen-bond acceptors (Lipinski definition) is 4. The fourth-order valence-electron chi connectivity index (χ4n) is 2.98. The summed E-state index contributed by atoms with van der Waals surface area (Å²) in [5.74, 6) is 0.883. The lowest BCUT2D eigenvalue weighted by Gasteiger charge is -2.29. The van der Waals surface area contributed by atoms with E-state index in [-0.39, 0.29) is 6.04 Å². The lowest BCUT2D eigenvalue weighted by Crippen LogP contribution is -2.34. The zero-order valence-corrected chi connectivity index (χ0v) is 16.2. The number of piperidine rings is 1. The summed E-state index contributed by atoms with van der Waals surface area (Å²) in [6.07, 6.45) is 1.66. The van der Waals surface area contributed by atoms with Crippen molar-refractivity contribution in [2.75, 3.05) is 13.1 Å². The van der Waals surface area contributed by atoms with E-state index in [9.17, 15) is 4.91 Å². The fourth-order valence-corrected chi connectivity index (χ4v) is 3.51. The van der Waals surface area contributed by atoms with Crippen LogP contribution in [0.4, 0.5) is 0 Å². The Bertz CT molecular complexity index is 716. The molecular formula is C19H20BrClN2O2. The second-order valence-electron chi connectivity index (χ2n) is 6.28. The smallest absolute Gasteiger partial charge is 0.124 e. The number of hydrogen-bond donors (Lipinski definition) is 0. The molecule has 1 aliphatic heterocycles. The summed E-state index contributed by atoms with van der Waals surface area (Å²) in [5, 5.41) is 3.90. The molecule has 0 spiro atoms. The van der Waals surface area contributed by atoms with Crippen LogP contribution < -0.4 is 4.74 Å². The number of halogens is 2. The van der Waals surface area contributed by atoms with Gasteiger partial charge >= 0.3 is 0 Å². The van der Waals surface area contributed by atoms with Crippen LogP contribution in [0, 0.1) is 4.91 Å². The van der Waals surface area contributed by atoms with Gasteiger partial charge in [-0.1, -0.05) is 44.8 Å². The fraction of sp³-hybridized carbons (Fsp3) is 0.368. The Morgan fingerprint density at radius 2 is 1.88 bits per heavy atom. The SMILES string of the molecule is O=NC1CCN(Cc2cc(Br)ccc2OCc2ccc(Cl)cc2)CC1. The molecule has 2 aromatic carbocycles. The maximum absolute atomic E-state index is 10.7. The number of nitroso groups, excluding NO2 is 1. The highest BCUT2D eigenvalue weighted by molar-refractivity contribution is 9.10. The predicted molar refractivity (Wildman–Crippen MR) is 104 cm³/mol. The number of ether oxygens (including phenoxy) is 1. The third kappa shape index (κ3) is 5.27. The summed E-state index contributed by atoms with van der Waals surface area (Å²) >= 11 is 9.46. The van der Waals surface area contributed by atoms with E-state index in [1.165, 1.54) is 0 Å². The molecule has 25 heavy (non-hydrogen) atoms. The highest BCUT2D eigenvalue weighted by atomic mass is 79.9. The highest BCUT2D eigenvalue weighted by Crippen LogP contribution is 2.27. The van der Waals surface area contributed by atoms with Crippen LogP contribution in [0.2, 0.25) is 5.02 Å². The molecule has 0 aliphatic carbocycles. The maximum atomic E-state index is 10.7. The number of rotatable bonds is 6. The minimum absolute atomic E-state index is 0.0283. The third-order valence-electron chi connectivity index (χ3n) is 4.43.